The Morgan fingerprint density at radius 2 is 1.94 bits per heavy atom. The average Bonchev–Trinajstić information content (AvgIpc) is 2.26. The Morgan fingerprint density at radius 3 is 2.24 bits per heavy atom. The molecule has 17 heavy (non-hydrogen) atoms. The average molecular weight is 266 g/mol. The first-order valence-corrected chi connectivity index (χ1v) is 6.57. The molecule has 0 unspecified atom stereocenters. The van der Waals surface area contributed by atoms with E-state index in [0.29, 0.717) is 0 Å². The first kappa shape index (κ1) is 16.0. The first-order valence-electron chi connectivity index (χ1n) is 5.21. The number of hydrogen-bond donors (Lipinski definition) is 2. The molecule has 0 spiro atoms. The molecule has 7 nitrogen and oxygen atoms in total. The summed E-state index contributed by atoms with van der Waals surface area (Å²) in [6.45, 7) is 10.7. The van der Waals surface area contributed by atoms with Gasteiger partial charge in [0.2, 0.25) is 16.3 Å². The highest BCUT2D eigenvalue weighted by atomic mass is 32.3. The Labute approximate surface area is 101 Å². The maximum atomic E-state index is 11.2. The summed E-state index contributed by atoms with van der Waals surface area (Å²) in [5, 5.41) is 0. The zero-order chi connectivity index (χ0) is 13.5. The summed E-state index contributed by atoms with van der Waals surface area (Å²) in [5.74, 6) is 0.0742. The molecule has 0 saturated carbocycles. The molecule has 0 aromatic carbocycles. The minimum Gasteiger partial charge on any atom is -0.726 e. The lowest BCUT2D eigenvalue weighted by Crippen LogP contribution is -3.14. The predicted molar refractivity (Wildman–Crippen MR) is 60.3 cm³/mol. The molecule has 0 aromatic heterocycles. The van der Waals surface area contributed by atoms with Gasteiger partial charge in [0.05, 0.1) is 32.7 Å². The standard InChI is InChI=1S/C9H16N2O.H2O4S/c1-3-9(12)11-7-5-10(4-2)6-8-11;1-5(2,3)4/h3H,1,4-8H2,2H3;(H2,1,2,3,4). The molecule has 1 heterocycles. The van der Waals surface area contributed by atoms with Crippen molar-refractivity contribution in [3.63, 3.8) is 0 Å². The highest BCUT2D eigenvalue weighted by Crippen LogP contribution is 1.90. The first-order chi connectivity index (χ1) is 7.77. The van der Waals surface area contributed by atoms with Crippen molar-refractivity contribution in [1.82, 2.24) is 4.90 Å². The van der Waals surface area contributed by atoms with Crippen molar-refractivity contribution in [3.8, 4) is 0 Å². The summed E-state index contributed by atoms with van der Waals surface area (Å²) in [6.07, 6.45) is 1.40. The monoisotopic (exact) mass is 266 g/mol. The fraction of sp³-hybridized carbons (Fsp3) is 0.667. The van der Waals surface area contributed by atoms with Crippen LogP contribution in [-0.2, 0) is 15.2 Å². The number of likely N-dealkylation sites (N-methyl/N-ethyl adjacent to an activating group) is 1. The van der Waals surface area contributed by atoms with Gasteiger partial charge in [-0.2, -0.15) is 0 Å². The van der Waals surface area contributed by atoms with E-state index in [2.05, 4.69) is 13.5 Å². The summed E-state index contributed by atoms with van der Waals surface area (Å²) in [5.41, 5.74) is 0. The third-order valence-electron chi connectivity index (χ3n) is 2.46. The SMILES string of the molecule is C=CC(=O)N1CC[NH+](CC)CC1.O=S(=O)([O-])O. The molecule has 0 radical (unpaired) electrons. The number of hydrogen-bond acceptors (Lipinski definition) is 4. The highest BCUT2D eigenvalue weighted by molar-refractivity contribution is 7.79. The van der Waals surface area contributed by atoms with Crippen LogP contribution in [0.1, 0.15) is 6.92 Å². The quantitative estimate of drug-likeness (QED) is 0.339. The van der Waals surface area contributed by atoms with Crippen LogP contribution in [-0.4, -0.2) is 61.1 Å². The number of piperazine rings is 1. The molecule has 0 aliphatic carbocycles. The molecule has 100 valence electrons. The summed E-state index contributed by atoms with van der Waals surface area (Å²) in [4.78, 5) is 14.6. The summed E-state index contributed by atoms with van der Waals surface area (Å²) >= 11 is 0. The van der Waals surface area contributed by atoms with Gasteiger partial charge in [-0.05, 0) is 13.0 Å². The van der Waals surface area contributed by atoms with Crippen molar-refractivity contribution in [2.45, 2.75) is 6.92 Å². The van der Waals surface area contributed by atoms with Crippen LogP contribution >= 0.6 is 0 Å². The topological polar surface area (TPSA) is 102 Å². The minimum absolute atomic E-state index is 0.0742. The molecule has 1 saturated heterocycles. The third-order valence-corrected chi connectivity index (χ3v) is 2.46. The Balaban J connectivity index is 0.000000437. The molecule has 1 amide bonds. The van der Waals surface area contributed by atoms with Gasteiger partial charge in [0.15, 0.2) is 0 Å². The van der Waals surface area contributed by atoms with Crippen LogP contribution < -0.4 is 4.90 Å². The van der Waals surface area contributed by atoms with E-state index in [1.165, 1.54) is 6.08 Å². The number of carbonyl (C=O) groups excluding carboxylic acids is 1. The molecule has 1 aliphatic heterocycles. The van der Waals surface area contributed by atoms with Crippen LogP contribution in [0.15, 0.2) is 12.7 Å². The Hall–Kier alpha value is -0.960. The third kappa shape index (κ3) is 8.81. The zero-order valence-electron chi connectivity index (χ0n) is 9.76. The van der Waals surface area contributed by atoms with Crippen molar-refractivity contribution < 1.29 is 27.2 Å². The van der Waals surface area contributed by atoms with Crippen molar-refractivity contribution >= 4 is 16.3 Å². The number of amides is 1. The second-order valence-electron chi connectivity index (χ2n) is 3.56. The minimum atomic E-state index is -4.92. The van der Waals surface area contributed by atoms with Gasteiger partial charge < -0.3 is 14.4 Å². The number of rotatable bonds is 2. The number of nitrogens with one attached hydrogen (secondary N) is 1. The van der Waals surface area contributed by atoms with Gasteiger partial charge in [0.1, 0.15) is 0 Å². The van der Waals surface area contributed by atoms with Crippen LogP contribution in [0, 0.1) is 0 Å². The Kier molecular flexibility index (Phi) is 6.97. The van der Waals surface area contributed by atoms with Gasteiger partial charge in [-0.3, -0.25) is 9.35 Å². The van der Waals surface area contributed by atoms with Crippen LogP contribution in [0.4, 0.5) is 0 Å². The molecular formula is C9H18N2O5S. The summed E-state index contributed by atoms with van der Waals surface area (Å²) in [7, 11) is -4.92. The van der Waals surface area contributed by atoms with E-state index in [-0.39, 0.29) is 5.91 Å². The zero-order valence-corrected chi connectivity index (χ0v) is 10.6. The molecular weight excluding hydrogens is 248 g/mol. The molecule has 0 atom stereocenters. The van der Waals surface area contributed by atoms with Gasteiger partial charge in [0, 0.05) is 0 Å². The van der Waals surface area contributed by atoms with E-state index in [9.17, 15) is 4.79 Å². The van der Waals surface area contributed by atoms with Crippen LogP contribution in [0.5, 0.6) is 0 Å². The second-order valence-corrected chi connectivity index (χ2v) is 4.42. The van der Waals surface area contributed by atoms with Gasteiger partial charge >= 0.3 is 0 Å². The van der Waals surface area contributed by atoms with Gasteiger partial charge in [-0.25, -0.2) is 8.42 Å². The lowest BCUT2D eigenvalue weighted by molar-refractivity contribution is -0.902. The van der Waals surface area contributed by atoms with Gasteiger partial charge in [-0.15, -0.1) is 0 Å². The van der Waals surface area contributed by atoms with E-state index in [1.54, 1.807) is 4.90 Å². The normalized spacial score (nSPS) is 17.0. The molecule has 0 aromatic rings. The van der Waals surface area contributed by atoms with E-state index in [1.807, 2.05) is 4.90 Å². The maximum Gasteiger partial charge on any atom is 0.246 e. The van der Waals surface area contributed by atoms with Crippen LogP contribution in [0.2, 0.25) is 0 Å². The lowest BCUT2D eigenvalue weighted by Gasteiger charge is -2.30. The van der Waals surface area contributed by atoms with Gasteiger partial charge in [-0.1, -0.05) is 6.58 Å². The number of quaternary nitrogens is 1. The van der Waals surface area contributed by atoms with E-state index in [0.717, 1.165) is 32.7 Å². The number of nitrogens with zero attached hydrogens (tertiary/aromatic N) is 1. The van der Waals surface area contributed by atoms with Crippen molar-refractivity contribution in [2.24, 2.45) is 0 Å². The largest absolute Gasteiger partial charge is 0.726 e. The molecule has 1 fully saturated rings. The number of carbonyl (C=O) groups is 1. The fourth-order valence-corrected chi connectivity index (χ4v) is 1.53. The maximum absolute atomic E-state index is 11.2. The molecule has 0 bridgehead atoms. The predicted octanol–water partition coefficient (Wildman–Crippen LogP) is -2.08. The lowest BCUT2D eigenvalue weighted by atomic mass is 10.3. The molecule has 1 aliphatic rings. The van der Waals surface area contributed by atoms with Crippen molar-refractivity contribution in [2.75, 3.05) is 32.7 Å². The smallest absolute Gasteiger partial charge is 0.246 e. The molecule has 8 heteroatoms. The van der Waals surface area contributed by atoms with Crippen molar-refractivity contribution in [1.29, 1.82) is 0 Å². The molecule has 2 N–H and O–H groups in total. The van der Waals surface area contributed by atoms with Crippen LogP contribution in [0.25, 0.3) is 0 Å². The second kappa shape index (κ2) is 7.38. The van der Waals surface area contributed by atoms with Crippen LogP contribution in [0.3, 0.4) is 0 Å². The summed E-state index contributed by atoms with van der Waals surface area (Å²) < 4.78 is 32.8. The molecule has 1 rings (SSSR count). The summed E-state index contributed by atoms with van der Waals surface area (Å²) in [6, 6.07) is 0. The van der Waals surface area contributed by atoms with E-state index >= 15 is 0 Å². The van der Waals surface area contributed by atoms with E-state index < -0.39 is 10.4 Å². The van der Waals surface area contributed by atoms with Crippen molar-refractivity contribution in [3.05, 3.63) is 12.7 Å². The van der Waals surface area contributed by atoms with E-state index in [4.69, 9.17) is 17.5 Å². The Morgan fingerprint density at radius 1 is 1.53 bits per heavy atom. The highest BCUT2D eigenvalue weighted by Gasteiger charge is 2.20. The van der Waals surface area contributed by atoms with Gasteiger partial charge in [0.25, 0.3) is 0 Å². The Bertz CT molecular complexity index is 338. The fourth-order valence-electron chi connectivity index (χ4n) is 1.53.